The first-order valence-corrected chi connectivity index (χ1v) is 5.69. The van der Waals surface area contributed by atoms with Gasteiger partial charge in [-0.2, -0.15) is 0 Å². The number of nitrogens with zero attached hydrogens (tertiary/aromatic N) is 1. The summed E-state index contributed by atoms with van der Waals surface area (Å²) in [4.78, 5) is 7.25. The van der Waals surface area contributed by atoms with Crippen LogP contribution in [0.3, 0.4) is 0 Å². The first-order chi connectivity index (χ1) is 8.08. The number of nitrogens with one attached hydrogen (secondary N) is 2. The molecule has 2 N–H and O–H groups in total. The van der Waals surface area contributed by atoms with Crippen LogP contribution in [0.15, 0.2) is 12.1 Å². The van der Waals surface area contributed by atoms with Crippen LogP contribution in [0, 0.1) is 11.6 Å². The van der Waals surface area contributed by atoms with Gasteiger partial charge >= 0.3 is 0 Å². The van der Waals surface area contributed by atoms with E-state index in [9.17, 15) is 8.78 Å². The Hall–Kier alpha value is -1.49. The Labute approximate surface area is 97.2 Å². The molecule has 1 aliphatic heterocycles. The predicted octanol–water partition coefficient (Wildman–Crippen LogP) is 2.44. The van der Waals surface area contributed by atoms with Crippen LogP contribution >= 0.6 is 0 Å². The van der Waals surface area contributed by atoms with Crippen molar-refractivity contribution in [2.75, 3.05) is 6.54 Å². The van der Waals surface area contributed by atoms with E-state index < -0.39 is 11.6 Å². The summed E-state index contributed by atoms with van der Waals surface area (Å²) >= 11 is 0. The van der Waals surface area contributed by atoms with Gasteiger partial charge in [-0.1, -0.05) is 0 Å². The Kier molecular flexibility index (Phi) is 2.19. The number of aromatic amines is 1. The summed E-state index contributed by atoms with van der Waals surface area (Å²) in [6.45, 7) is 2.94. The van der Waals surface area contributed by atoms with Gasteiger partial charge in [0.1, 0.15) is 17.2 Å². The summed E-state index contributed by atoms with van der Waals surface area (Å²) in [7, 11) is 0. The number of hydrogen-bond donors (Lipinski definition) is 2. The number of H-pyrrole nitrogens is 1. The molecular formula is C12H13F2N3. The second kappa shape index (κ2) is 3.50. The SMILES string of the molecule is CC1(c2nc3c(F)cc(F)cc3[nH]2)CCCN1. The number of aromatic nitrogens is 2. The van der Waals surface area contributed by atoms with E-state index in [1.807, 2.05) is 6.92 Å². The van der Waals surface area contributed by atoms with Gasteiger partial charge in [-0.25, -0.2) is 13.8 Å². The normalized spacial score (nSPS) is 24.6. The molecule has 2 heterocycles. The van der Waals surface area contributed by atoms with Crippen molar-refractivity contribution in [3.05, 3.63) is 29.6 Å². The van der Waals surface area contributed by atoms with Crippen molar-refractivity contribution in [3.63, 3.8) is 0 Å². The maximum absolute atomic E-state index is 13.5. The van der Waals surface area contributed by atoms with E-state index in [2.05, 4.69) is 15.3 Å². The highest BCUT2D eigenvalue weighted by atomic mass is 19.1. The van der Waals surface area contributed by atoms with E-state index in [-0.39, 0.29) is 11.1 Å². The summed E-state index contributed by atoms with van der Waals surface area (Å²) in [6.07, 6.45) is 2.00. The van der Waals surface area contributed by atoms with E-state index >= 15 is 0 Å². The van der Waals surface area contributed by atoms with Crippen molar-refractivity contribution in [1.29, 1.82) is 0 Å². The average Bonchev–Trinajstić information content (AvgIpc) is 2.84. The second-order valence-electron chi connectivity index (χ2n) is 4.73. The van der Waals surface area contributed by atoms with Crippen LogP contribution in [0.5, 0.6) is 0 Å². The van der Waals surface area contributed by atoms with Gasteiger partial charge in [0.15, 0.2) is 5.82 Å². The van der Waals surface area contributed by atoms with Crippen LogP contribution < -0.4 is 5.32 Å². The van der Waals surface area contributed by atoms with E-state index in [4.69, 9.17) is 0 Å². The van der Waals surface area contributed by atoms with Gasteiger partial charge in [-0.3, -0.25) is 0 Å². The molecule has 1 atom stereocenters. The lowest BCUT2D eigenvalue weighted by Gasteiger charge is -2.20. The van der Waals surface area contributed by atoms with E-state index in [1.165, 1.54) is 6.07 Å². The fourth-order valence-corrected chi connectivity index (χ4v) is 2.40. The van der Waals surface area contributed by atoms with Gasteiger partial charge in [0.05, 0.1) is 11.1 Å². The third kappa shape index (κ3) is 1.61. The summed E-state index contributed by atoms with van der Waals surface area (Å²) in [5.74, 6) is -0.534. The standard InChI is InChI=1S/C12H13F2N3/c1-12(3-2-4-15-12)11-16-9-6-7(13)5-8(14)10(9)17-11/h5-6,15H,2-4H2,1H3,(H,16,17). The topological polar surface area (TPSA) is 40.7 Å². The highest BCUT2D eigenvalue weighted by molar-refractivity contribution is 5.76. The smallest absolute Gasteiger partial charge is 0.153 e. The molecule has 17 heavy (non-hydrogen) atoms. The summed E-state index contributed by atoms with van der Waals surface area (Å²) in [6, 6.07) is 2.13. The Morgan fingerprint density at radius 1 is 1.35 bits per heavy atom. The third-order valence-corrected chi connectivity index (χ3v) is 3.40. The molecule has 1 saturated heterocycles. The number of hydrogen-bond acceptors (Lipinski definition) is 2. The third-order valence-electron chi connectivity index (χ3n) is 3.40. The lowest BCUT2D eigenvalue weighted by atomic mass is 10.00. The number of benzene rings is 1. The highest BCUT2D eigenvalue weighted by Crippen LogP contribution is 2.30. The predicted molar refractivity (Wildman–Crippen MR) is 60.6 cm³/mol. The second-order valence-corrected chi connectivity index (χ2v) is 4.73. The number of rotatable bonds is 1. The monoisotopic (exact) mass is 237 g/mol. The molecule has 0 aliphatic carbocycles. The molecule has 0 bridgehead atoms. The number of halogens is 2. The first kappa shape index (κ1) is 10.7. The molecule has 5 heteroatoms. The lowest BCUT2D eigenvalue weighted by molar-refractivity contribution is 0.412. The summed E-state index contributed by atoms with van der Waals surface area (Å²) < 4.78 is 26.6. The van der Waals surface area contributed by atoms with Crippen molar-refractivity contribution in [2.45, 2.75) is 25.3 Å². The van der Waals surface area contributed by atoms with Crippen molar-refractivity contribution in [1.82, 2.24) is 15.3 Å². The Balaban J connectivity index is 2.16. The summed E-state index contributed by atoms with van der Waals surface area (Å²) in [5.41, 5.74) is 0.353. The largest absolute Gasteiger partial charge is 0.340 e. The minimum absolute atomic E-state index is 0.205. The van der Waals surface area contributed by atoms with Gasteiger partial charge in [-0.15, -0.1) is 0 Å². The molecule has 2 aromatic rings. The van der Waals surface area contributed by atoms with Gasteiger partial charge in [-0.05, 0) is 32.4 Å². The van der Waals surface area contributed by atoms with E-state index in [0.717, 1.165) is 25.5 Å². The van der Waals surface area contributed by atoms with Crippen molar-refractivity contribution in [2.24, 2.45) is 0 Å². The quantitative estimate of drug-likeness (QED) is 0.799. The van der Waals surface area contributed by atoms with Crippen LogP contribution in [-0.4, -0.2) is 16.5 Å². The van der Waals surface area contributed by atoms with Crippen LogP contribution in [0.1, 0.15) is 25.6 Å². The molecule has 1 aromatic carbocycles. The minimum Gasteiger partial charge on any atom is -0.340 e. The molecule has 1 fully saturated rings. The van der Waals surface area contributed by atoms with Gasteiger partial charge in [0.2, 0.25) is 0 Å². The zero-order valence-corrected chi connectivity index (χ0v) is 9.48. The lowest BCUT2D eigenvalue weighted by Crippen LogP contribution is -2.34. The average molecular weight is 237 g/mol. The molecule has 0 saturated carbocycles. The van der Waals surface area contributed by atoms with Crippen LogP contribution in [0.25, 0.3) is 11.0 Å². The molecule has 90 valence electrons. The van der Waals surface area contributed by atoms with Gasteiger partial charge in [0, 0.05) is 6.07 Å². The Bertz CT molecular complexity index is 570. The van der Waals surface area contributed by atoms with Crippen LogP contribution in [0.2, 0.25) is 0 Å². The maximum atomic E-state index is 13.5. The van der Waals surface area contributed by atoms with Crippen LogP contribution in [-0.2, 0) is 5.54 Å². The van der Waals surface area contributed by atoms with Crippen LogP contribution in [0.4, 0.5) is 8.78 Å². The molecule has 1 aliphatic rings. The summed E-state index contributed by atoms with van der Waals surface area (Å²) in [5, 5.41) is 3.33. The van der Waals surface area contributed by atoms with Crippen molar-refractivity contribution in [3.8, 4) is 0 Å². The number of imidazole rings is 1. The minimum atomic E-state index is -0.621. The fraction of sp³-hybridized carbons (Fsp3) is 0.417. The maximum Gasteiger partial charge on any atom is 0.153 e. The van der Waals surface area contributed by atoms with Gasteiger partial charge < -0.3 is 10.3 Å². The van der Waals surface area contributed by atoms with E-state index in [1.54, 1.807) is 0 Å². The highest BCUT2D eigenvalue weighted by Gasteiger charge is 2.33. The molecule has 0 spiro atoms. The fourth-order valence-electron chi connectivity index (χ4n) is 2.40. The molecule has 3 nitrogen and oxygen atoms in total. The number of fused-ring (bicyclic) bond motifs is 1. The van der Waals surface area contributed by atoms with Gasteiger partial charge in [0.25, 0.3) is 0 Å². The Morgan fingerprint density at radius 3 is 2.88 bits per heavy atom. The van der Waals surface area contributed by atoms with Crippen molar-refractivity contribution >= 4 is 11.0 Å². The van der Waals surface area contributed by atoms with E-state index in [0.29, 0.717) is 11.3 Å². The molecule has 3 rings (SSSR count). The molecule has 1 aromatic heterocycles. The molecule has 0 radical (unpaired) electrons. The molecule has 1 unspecified atom stereocenters. The molecular weight excluding hydrogens is 224 g/mol. The zero-order valence-electron chi connectivity index (χ0n) is 9.48. The van der Waals surface area contributed by atoms with Crippen molar-refractivity contribution < 1.29 is 8.78 Å². The Morgan fingerprint density at radius 2 is 2.18 bits per heavy atom. The first-order valence-electron chi connectivity index (χ1n) is 5.69. The molecule has 0 amide bonds. The zero-order chi connectivity index (χ0) is 12.0.